The van der Waals surface area contributed by atoms with Crippen LogP contribution < -0.4 is 0 Å². The molecule has 0 aliphatic carbocycles. The van der Waals surface area contributed by atoms with Crippen LogP contribution in [0.4, 0.5) is 0 Å². The Bertz CT molecular complexity index is 742. The van der Waals surface area contributed by atoms with Crippen LogP contribution in [0, 0.1) is 6.92 Å². The van der Waals surface area contributed by atoms with Gasteiger partial charge in [-0.25, -0.2) is 9.48 Å². The Morgan fingerprint density at radius 3 is 2.94 bits per heavy atom. The first-order valence-electron chi connectivity index (χ1n) is 5.42. The molecule has 0 unspecified atom stereocenters. The number of benzene rings is 1. The Labute approximate surface area is 107 Å². The van der Waals surface area contributed by atoms with Gasteiger partial charge in [-0.3, -0.25) is 0 Å². The summed E-state index contributed by atoms with van der Waals surface area (Å²) in [4.78, 5) is 11.0. The van der Waals surface area contributed by atoms with Crippen LogP contribution in [0.1, 0.15) is 16.1 Å². The van der Waals surface area contributed by atoms with Gasteiger partial charge in [0.2, 0.25) is 0 Å². The molecule has 0 atom stereocenters. The highest BCUT2D eigenvalue weighted by Crippen LogP contribution is 2.23. The van der Waals surface area contributed by atoms with Gasteiger partial charge in [0.15, 0.2) is 5.69 Å². The summed E-state index contributed by atoms with van der Waals surface area (Å²) in [7, 11) is 0. The number of nitrogens with zero attached hydrogens (tertiary/aromatic N) is 2. The van der Waals surface area contributed by atoms with Crippen molar-refractivity contribution in [2.45, 2.75) is 6.92 Å². The normalized spacial score (nSPS) is 10.9. The van der Waals surface area contributed by atoms with Crippen molar-refractivity contribution < 1.29 is 9.90 Å². The molecule has 1 aromatic carbocycles. The minimum atomic E-state index is -0.997. The summed E-state index contributed by atoms with van der Waals surface area (Å²) >= 11 is 1.68. The Kier molecular flexibility index (Phi) is 2.41. The van der Waals surface area contributed by atoms with Crippen molar-refractivity contribution in [2.75, 3.05) is 0 Å². The van der Waals surface area contributed by atoms with Gasteiger partial charge in [0, 0.05) is 16.5 Å². The molecule has 0 spiro atoms. The zero-order chi connectivity index (χ0) is 12.7. The third kappa shape index (κ3) is 1.69. The standard InChI is InChI=1S/C13H10N2O2S/c1-8-7-15(14-12(8)13(16)17)10-2-3-11-9(6-10)4-5-18-11/h2-7H,1H3,(H,16,17). The lowest BCUT2D eigenvalue weighted by atomic mass is 10.2. The number of aryl methyl sites for hydroxylation is 1. The Hall–Kier alpha value is -2.14. The van der Waals surface area contributed by atoms with Gasteiger partial charge in [0.1, 0.15) is 0 Å². The zero-order valence-electron chi connectivity index (χ0n) is 9.62. The number of carbonyl (C=O) groups is 1. The van der Waals surface area contributed by atoms with E-state index in [0.717, 1.165) is 11.1 Å². The first-order valence-corrected chi connectivity index (χ1v) is 6.30. The number of aromatic carboxylic acids is 1. The molecule has 18 heavy (non-hydrogen) atoms. The van der Waals surface area contributed by atoms with E-state index in [9.17, 15) is 4.79 Å². The molecule has 0 fully saturated rings. The van der Waals surface area contributed by atoms with E-state index in [4.69, 9.17) is 5.11 Å². The minimum absolute atomic E-state index is 0.0976. The number of aromatic nitrogens is 2. The minimum Gasteiger partial charge on any atom is -0.476 e. The van der Waals surface area contributed by atoms with E-state index in [1.165, 1.54) is 4.70 Å². The highest BCUT2D eigenvalue weighted by atomic mass is 32.1. The SMILES string of the molecule is Cc1cn(-c2ccc3sccc3c2)nc1C(=O)O. The van der Waals surface area contributed by atoms with E-state index in [1.807, 2.05) is 29.6 Å². The van der Waals surface area contributed by atoms with Gasteiger partial charge in [-0.1, -0.05) is 0 Å². The summed E-state index contributed by atoms with van der Waals surface area (Å²) < 4.78 is 2.82. The van der Waals surface area contributed by atoms with E-state index in [0.29, 0.717) is 5.56 Å². The molecule has 0 aliphatic rings. The molecule has 0 saturated heterocycles. The number of rotatable bonds is 2. The molecule has 2 heterocycles. The van der Waals surface area contributed by atoms with Gasteiger partial charge >= 0.3 is 5.97 Å². The van der Waals surface area contributed by atoms with Crippen LogP contribution in [0.25, 0.3) is 15.8 Å². The van der Waals surface area contributed by atoms with Crippen LogP contribution >= 0.6 is 11.3 Å². The lowest BCUT2D eigenvalue weighted by molar-refractivity contribution is 0.0689. The number of thiophene rings is 1. The third-order valence-corrected chi connectivity index (χ3v) is 3.70. The lowest BCUT2D eigenvalue weighted by Gasteiger charge is -2.00. The summed E-state index contributed by atoms with van der Waals surface area (Å²) in [6, 6.07) is 8.01. The molecule has 0 radical (unpaired) electrons. The fraction of sp³-hybridized carbons (Fsp3) is 0.0769. The molecular weight excluding hydrogens is 248 g/mol. The Morgan fingerprint density at radius 2 is 2.22 bits per heavy atom. The molecule has 1 N–H and O–H groups in total. The van der Waals surface area contributed by atoms with Crippen molar-refractivity contribution in [3.05, 3.63) is 47.1 Å². The number of fused-ring (bicyclic) bond motifs is 1. The molecule has 3 aromatic rings. The summed E-state index contributed by atoms with van der Waals surface area (Å²) in [6.45, 7) is 1.75. The average molecular weight is 258 g/mol. The quantitative estimate of drug-likeness (QED) is 0.768. The molecule has 2 aromatic heterocycles. The maximum atomic E-state index is 11.0. The molecule has 5 heteroatoms. The predicted molar refractivity (Wildman–Crippen MR) is 70.6 cm³/mol. The van der Waals surface area contributed by atoms with E-state index in [1.54, 1.807) is 29.1 Å². The second-order valence-corrected chi connectivity index (χ2v) is 5.00. The van der Waals surface area contributed by atoms with Crippen molar-refractivity contribution in [1.82, 2.24) is 9.78 Å². The van der Waals surface area contributed by atoms with Gasteiger partial charge in [0.25, 0.3) is 0 Å². The number of carboxylic acids is 1. The monoisotopic (exact) mass is 258 g/mol. The maximum absolute atomic E-state index is 11.0. The molecule has 0 aliphatic heterocycles. The van der Waals surface area contributed by atoms with Gasteiger partial charge in [-0.05, 0) is 42.0 Å². The Morgan fingerprint density at radius 1 is 1.39 bits per heavy atom. The van der Waals surface area contributed by atoms with E-state index in [2.05, 4.69) is 5.10 Å². The molecule has 0 amide bonds. The summed E-state index contributed by atoms with van der Waals surface area (Å²) in [5, 5.41) is 16.3. The molecule has 4 nitrogen and oxygen atoms in total. The topological polar surface area (TPSA) is 55.1 Å². The number of hydrogen-bond acceptors (Lipinski definition) is 3. The van der Waals surface area contributed by atoms with Crippen LogP contribution in [0.2, 0.25) is 0 Å². The molecule has 0 saturated carbocycles. The van der Waals surface area contributed by atoms with E-state index in [-0.39, 0.29) is 5.69 Å². The van der Waals surface area contributed by atoms with Crippen molar-refractivity contribution in [1.29, 1.82) is 0 Å². The third-order valence-electron chi connectivity index (χ3n) is 2.80. The second-order valence-electron chi connectivity index (χ2n) is 4.05. The van der Waals surface area contributed by atoms with Gasteiger partial charge in [-0.2, -0.15) is 5.10 Å². The molecule has 3 rings (SSSR count). The second kappa shape index (κ2) is 3.96. The predicted octanol–water partition coefficient (Wildman–Crippen LogP) is 3.09. The summed E-state index contributed by atoms with van der Waals surface area (Å²) in [5.74, 6) is -0.997. The largest absolute Gasteiger partial charge is 0.476 e. The van der Waals surface area contributed by atoms with Gasteiger partial charge in [0.05, 0.1) is 5.69 Å². The molecule has 0 bridgehead atoms. The first-order chi connectivity index (χ1) is 8.65. The fourth-order valence-corrected chi connectivity index (χ4v) is 2.67. The highest BCUT2D eigenvalue weighted by Gasteiger charge is 2.13. The van der Waals surface area contributed by atoms with Gasteiger partial charge < -0.3 is 5.11 Å². The van der Waals surface area contributed by atoms with E-state index < -0.39 is 5.97 Å². The van der Waals surface area contributed by atoms with Crippen LogP contribution in [0.15, 0.2) is 35.8 Å². The van der Waals surface area contributed by atoms with Gasteiger partial charge in [-0.15, -0.1) is 11.3 Å². The average Bonchev–Trinajstić information content (AvgIpc) is 2.93. The highest BCUT2D eigenvalue weighted by molar-refractivity contribution is 7.17. The van der Waals surface area contributed by atoms with Crippen LogP contribution in [-0.2, 0) is 0 Å². The smallest absolute Gasteiger partial charge is 0.356 e. The summed E-state index contributed by atoms with van der Waals surface area (Å²) in [6.07, 6.45) is 1.73. The number of carboxylic acid groups (broad SMARTS) is 1. The van der Waals surface area contributed by atoms with Crippen molar-refractivity contribution in [3.8, 4) is 5.69 Å². The molecule has 90 valence electrons. The van der Waals surface area contributed by atoms with Crippen molar-refractivity contribution in [3.63, 3.8) is 0 Å². The zero-order valence-corrected chi connectivity index (χ0v) is 10.4. The fourth-order valence-electron chi connectivity index (χ4n) is 1.90. The van der Waals surface area contributed by atoms with Crippen molar-refractivity contribution in [2.24, 2.45) is 0 Å². The Balaban J connectivity index is 2.13. The maximum Gasteiger partial charge on any atom is 0.356 e. The molecular formula is C13H10N2O2S. The van der Waals surface area contributed by atoms with Crippen molar-refractivity contribution >= 4 is 27.4 Å². The first kappa shape index (κ1) is 11.0. The van der Waals surface area contributed by atoms with E-state index >= 15 is 0 Å². The lowest BCUT2D eigenvalue weighted by Crippen LogP contribution is -2.01. The van der Waals surface area contributed by atoms with Crippen LogP contribution in [-0.4, -0.2) is 20.9 Å². The number of hydrogen-bond donors (Lipinski definition) is 1. The summed E-state index contributed by atoms with van der Waals surface area (Å²) in [5.41, 5.74) is 1.63. The van der Waals surface area contributed by atoms with Crippen LogP contribution in [0.3, 0.4) is 0 Å². The van der Waals surface area contributed by atoms with Crippen LogP contribution in [0.5, 0.6) is 0 Å².